The second kappa shape index (κ2) is 4.47. The highest BCUT2D eigenvalue weighted by Crippen LogP contribution is 2.10. The summed E-state index contributed by atoms with van der Waals surface area (Å²) in [4.78, 5) is 20.1. The third-order valence-electron chi connectivity index (χ3n) is 2.57. The number of carbonyl (C=O) groups excluding carboxylic acids is 1. The van der Waals surface area contributed by atoms with Crippen LogP contribution in [0.3, 0.4) is 0 Å². The lowest BCUT2D eigenvalue weighted by atomic mass is 10.1. The Morgan fingerprint density at radius 1 is 1.38 bits per heavy atom. The maximum atomic E-state index is 11.5. The molecule has 5 nitrogen and oxygen atoms in total. The first kappa shape index (κ1) is 10.9. The molecule has 0 radical (unpaired) electrons. The van der Waals surface area contributed by atoms with Crippen LogP contribution in [0.25, 0.3) is 0 Å². The SMILES string of the molecule is Cc1cc(C)nc(NC2CCCNC2=O)n1. The minimum Gasteiger partial charge on any atom is -0.354 e. The highest BCUT2D eigenvalue weighted by atomic mass is 16.2. The Bertz CT molecular complexity index is 385. The van der Waals surface area contributed by atoms with Gasteiger partial charge in [0.05, 0.1) is 0 Å². The van der Waals surface area contributed by atoms with E-state index in [-0.39, 0.29) is 11.9 Å². The summed E-state index contributed by atoms with van der Waals surface area (Å²) in [6, 6.07) is 1.71. The van der Waals surface area contributed by atoms with Crippen LogP contribution < -0.4 is 10.6 Å². The van der Waals surface area contributed by atoms with Crippen LogP contribution in [-0.2, 0) is 4.79 Å². The van der Waals surface area contributed by atoms with E-state index < -0.39 is 0 Å². The van der Waals surface area contributed by atoms with E-state index in [0.29, 0.717) is 5.95 Å². The molecule has 2 rings (SSSR count). The normalized spacial score (nSPS) is 20.4. The lowest BCUT2D eigenvalue weighted by Crippen LogP contribution is -2.44. The minimum atomic E-state index is -0.199. The molecule has 86 valence electrons. The topological polar surface area (TPSA) is 66.9 Å². The van der Waals surface area contributed by atoms with Gasteiger partial charge < -0.3 is 10.6 Å². The van der Waals surface area contributed by atoms with Crippen molar-refractivity contribution in [1.82, 2.24) is 15.3 Å². The number of nitrogens with zero attached hydrogens (tertiary/aromatic N) is 2. The molecule has 1 fully saturated rings. The van der Waals surface area contributed by atoms with Crippen molar-refractivity contribution in [3.63, 3.8) is 0 Å². The Morgan fingerprint density at radius 3 is 2.69 bits per heavy atom. The summed E-state index contributed by atoms with van der Waals surface area (Å²) in [6.07, 6.45) is 1.83. The molecule has 1 amide bonds. The summed E-state index contributed by atoms with van der Waals surface area (Å²) in [6.45, 7) is 4.60. The monoisotopic (exact) mass is 220 g/mol. The summed E-state index contributed by atoms with van der Waals surface area (Å²) in [5.41, 5.74) is 1.82. The van der Waals surface area contributed by atoms with Gasteiger partial charge in [0.2, 0.25) is 11.9 Å². The van der Waals surface area contributed by atoms with Gasteiger partial charge in [0.1, 0.15) is 6.04 Å². The highest BCUT2D eigenvalue weighted by Gasteiger charge is 2.22. The third-order valence-corrected chi connectivity index (χ3v) is 2.57. The van der Waals surface area contributed by atoms with Crippen LogP contribution in [0, 0.1) is 13.8 Å². The number of aryl methyl sites for hydroxylation is 2. The number of hydrogen-bond donors (Lipinski definition) is 2. The maximum absolute atomic E-state index is 11.5. The Hall–Kier alpha value is -1.65. The molecule has 1 aliphatic heterocycles. The Kier molecular flexibility index (Phi) is 3.03. The number of hydrogen-bond acceptors (Lipinski definition) is 4. The van der Waals surface area contributed by atoms with Crippen molar-refractivity contribution in [2.24, 2.45) is 0 Å². The average molecular weight is 220 g/mol. The predicted molar refractivity (Wildman–Crippen MR) is 61.2 cm³/mol. The number of aromatic nitrogens is 2. The third kappa shape index (κ3) is 2.48. The predicted octanol–water partition coefficient (Wildman–Crippen LogP) is 0.784. The summed E-state index contributed by atoms with van der Waals surface area (Å²) in [7, 11) is 0. The smallest absolute Gasteiger partial charge is 0.242 e. The van der Waals surface area contributed by atoms with E-state index >= 15 is 0 Å². The van der Waals surface area contributed by atoms with E-state index in [0.717, 1.165) is 30.8 Å². The van der Waals surface area contributed by atoms with Crippen LogP contribution in [0.1, 0.15) is 24.2 Å². The van der Waals surface area contributed by atoms with Crippen molar-refractivity contribution in [3.8, 4) is 0 Å². The molecule has 1 aliphatic rings. The Morgan fingerprint density at radius 2 is 2.06 bits per heavy atom. The summed E-state index contributed by atoms with van der Waals surface area (Å²) >= 11 is 0. The van der Waals surface area contributed by atoms with Crippen LogP contribution in [0.4, 0.5) is 5.95 Å². The molecule has 1 atom stereocenters. The number of nitrogens with one attached hydrogen (secondary N) is 2. The van der Waals surface area contributed by atoms with Gasteiger partial charge in [0.25, 0.3) is 0 Å². The van der Waals surface area contributed by atoms with Crippen LogP contribution >= 0.6 is 0 Å². The van der Waals surface area contributed by atoms with E-state index in [1.54, 1.807) is 0 Å². The number of rotatable bonds is 2. The van der Waals surface area contributed by atoms with Crippen molar-refractivity contribution < 1.29 is 4.79 Å². The summed E-state index contributed by atoms with van der Waals surface area (Å²) in [5.74, 6) is 0.577. The molecule has 0 aliphatic carbocycles. The van der Waals surface area contributed by atoms with Crippen LogP contribution in [0.5, 0.6) is 0 Å². The molecule has 1 aromatic heterocycles. The number of piperidine rings is 1. The first-order chi connectivity index (χ1) is 7.65. The van der Waals surface area contributed by atoms with Gasteiger partial charge >= 0.3 is 0 Å². The van der Waals surface area contributed by atoms with Crippen LogP contribution in [0.15, 0.2) is 6.07 Å². The van der Waals surface area contributed by atoms with E-state index in [4.69, 9.17) is 0 Å². The molecule has 2 N–H and O–H groups in total. The molecule has 0 spiro atoms. The molecule has 5 heteroatoms. The minimum absolute atomic E-state index is 0.0361. The van der Waals surface area contributed by atoms with Gasteiger partial charge in [-0.05, 0) is 32.8 Å². The summed E-state index contributed by atoms with van der Waals surface area (Å²) in [5, 5.41) is 5.90. The average Bonchev–Trinajstić information content (AvgIpc) is 2.20. The molecule has 0 bridgehead atoms. The fourth-order valence-corrected chi connectivity index (χ4v) is 1.86. The molecular formula is C11H16N4O. The molecule has 0 saturated carbocycles. The summed E-state index contributed by atoms with van der Waals surface area (Å²) < 4.78 is 0. The first-order valence-corrected chi connectivity index (χ1v) is 5.52. The quantitative estimate of drug-likeness (QED) is 0.773. The van der Waals surface area contributed by atoms with Gasteiger partial charge in [-0.2, -0.15) is 0 Å². The van der Waals surface area contributed by atoms with Crippen molar-refractivity contribution in [3.05, 3.63) is 17.5 Å². The molecule has 1 saturated heterocycles. The van der Waals surface area contributed by atoms with Gasteiger partial charge in [-0.15, -0.1) is 0 Å². The van der Waals surface area contributed by atoms with Crippen molar-refractivity contribution in [2.45, 2.75) is 32.7 Å². The largest absolute Gasteiger partial charge is 0.354 e. The van der Waals surface area contributed by atoms with Crippen LogP contribution in [-0.4, -0.2) is 28.5 Å². The molecular weight excluding hydrogens is 204 g/mol. The van der Waals surface area contributed by atoms with Gasteiger partial charge in [0.15, 0.2) is 0 Å². The molecule has 0 aromatic carbocycles. The van der Waals surface area contributed by atoms with Gasteiger partial charge in [-0.3, -0.25) is 4.79 Å². The fourth-order valence-electron chi connectivity index (χ4n) is 1.86. The zero-order valence-corrected chi connectivity index (χ0v) is 9.58. The van der Waals surface area contributed by atoms with E-state index in [2.05, 4.69) is 20.6 Å². The number of amides is 1. The molecule has 2 heterocycles. The van der Waals surface area contributed by atoms with Crippen molar-refractivity contribution >= 4 is 11.9 Å². The molecule has 1 unspecified atom stereocenters. The second-order valence-electron chi connectivity index (χ2n) is 4.10. The zero-order chi connectivity index (χ0) is 11.5. The lowest BCUT2D eigenvalue weighted by Gasteiger charge is -2.22. The number of carbonyl (C=O) groups is 1. The van der Waals surface area contributed by atoms with Gasteiger partial charge in [0, 0.05) is 17.9 Å². The van der Waals surface area contributed by atoms with Gasteiger partial charge in [-0.25, -0.2) is 9.97 Å². The molecule has 16 heavy (non-hydrogen) atoms. The highest BCUT2D eigenvalue weighted by molar-refractivity contribution is 5.84. The number of anilines is 1. The Balaban J connectivity index is 2.10. The standard InChI is InChI=1S/C11H16N4O/c1-7-6-8(2)14-11(13-7)15-9-4-3-5-12-10(9)16/h6,9H,3-5H2,1-2H3,(H,12,16)(H,13,14,15). The second-order valence-corrected chi connectivity index (χ2v) is 4.10. The van der Waals surface area contributed by atoms with Crippen LogP contribution in [0.2, 0.25) is 0 Å². The van der Waals surface area contributed by atoms with Gasteiger partial charge in [-0.1, -0.05) is 0 Å². The van der Waals surface area contributed by atoms with Crippen molar-refractivity contribution in [1.29, 1.82) is 0 Å². The Labute approximate surface area is 94.7 Å². The fraction of sp³-hybridized carbons (Fsp3) is 0.545. The first-order valence-electron chi connectivity index (χ1n) is 5.52. The molecule has 1 aromatic rings. The van der Waals surface area contributed by atoms with E-state index in [1.807, 2.05) is 19.9 Å². The lowest BCUT2D eigenvalue weighted by molar-refractivity contribution is -0.123. The zero-order valence-electron chi connectivity index (χ0n) is 9.58. The van der Waals surface area contributed by atoms with Crippen molar-refractivity contribution in [2.75, 3.05) is 11.9 Å². The van der Waals surface area contributed by atoms with E-state index in [9.17, 15) is 4.79 Å². The van der Waals surface area contributed by atoms with E-state index in [1.165, 1.54) is 0 Å². The maximum Gasteiger partial charge on any atom is 0.242 e.